The Morgan fingerprint density at radius 2 is 1.74 bits per heavy atom. The Kier molecular flexibility index (Phi) is 6.80. The van der Waals surface area contributed by atoms with Crippen LogP contribution in [0.5, 0.6) is 0 Å². The molecule has 2 aromatic carbocycles. The van der Waals surface area contributed by atoms with E-state index in [4.69, 9.17) is 23.8 Å². The number of fused-ring (bicyclic) bond motifs is 1. The number of hydrogen-bond donors (Lipinski definition) is 0. The molecule has 2 aliphatic rings. The summed E-state index contributed by atoms with van der Waals surface area (Å²) in [4.78, 5) is 30.4. The third-order valence-corrected chi connectivity index (χ3v) is 7.08. The molecule has 4 rings (SSSR count). The lowest BCUT2D eigenvalue weighted by Gasteiger charge is -2.17. The number of thiocarbonyl (C=S) groups is 1. The lowest BCUT2D eigenvalue weighted by atomic mass is 10.1. The molecule has 0 spiro atoms. The smallest absolute Gasteiger partial charge is 0.271 e. The van der Waals surface area contributed by atoms with Gasteiger partial charge in [-0.15, -0.1) is 0 Å². The second-order valence-corrected chi connectivity index (χ2v) is 9.66. The molecule has 0 aromatic heterocycles. The summed E-state index contributed by atoms with van der Waals surface area (Å²) < 4.78 is 0.401. The highest BCUT2D eigenvalue weighted by atomic mass is 35.5. The van der Waals surface area contributed by atoms with Crippen LogP contribution in [0.3, 0.4) is 0 Å². The van der Waals surface area contributed by atoms with E-state index in [1.165, 1.54) is 35.9 Å². The number of benzene rings is 2. The van der Waals surface area contributed by atoms with E-state index in [0.29, 0.717) is 32.1 Å². The fourth-order valence-corrected chi connectivity index (χ4v) is 5.51. The summed E-state index contributed by atoms with van der Waals surface area (Å²) in [6.07, 6.45) is 5.60. The van der Waals surface area contributed by atoms with Crippen LogP contribution in [0.15, 0.2) is 53.4 Å². The van der Waals surface area contributed by atoms with Gasteiger partial charge in [-0.25, -0.2) is 0 Å². The van der Waals surface area contributed by atoms with Gasteiger partial charge in [0.05, 0.1) is 21.9 Å². The highest BCUT2D eigenvalue weighted by Crippen LogP contribution is 2.45. The molecule has 160 valence electrons. The second kappa shape index (κ2) is 9.55. The van der Waals surface area contributed by atoms with Gasteiger partial charge < -0.3 is 4.90 Å². The Morgan fingerprint density at radius 3 is 2.52 bits per heavy atom. The Hall–Kier alpha value is -2.15. The molecular formula is C24H23ClN2O2S2. The maximum absolute atomic E-state index is 13.4. The number of unbranched alkanes of at least 4 members (excludes halogenated alkanes) is 4. The van der Waals surface area contributed by atoms with Crippen LogP contribution in [-0.2, 0) is 9.59 Å². The first kappa shape index (κ1) is 22.1. The number of halogens is 1. The Labute approximate surface area is 197 Å². The highest BCUT2D eigenvalue weighted by Gasteiger charge is 2.42. The molecule has 7 heteroatoms. The van der Waals surface area contributed by atoms with Crippen LogP contribution in [0.25, 0.3) is 5.57 Å². The van der Waals surface area contributed by atoms with Crippen LogP contribution >= 0.6 is 35.6 Å². The Bertz CT molecular complexity index is 1080. The van der Waals surface area contributed by atoms with Gasteiger partial charge in [-0.1, -0.05) is 92.5 Å². The van der Waals surface area contributed by atoms with Crippen molar-refractivity contribution in [3.8, 4) is 0 Å². The van der Waals surface area contributed by atoms with Gasteiger partial charge in [-0.05, 0) is 30.7 Å². The molecule has 0 bridgehead atoms. The molecule has 2 aliphatic heterocycles. The van der Waals surface area contributed by atoms with Crippen LogP contribution < -0.4 is 9.80 Å². The number of thioether (sulfide) groups is 1. The molecule has 1 saturated heterocycles. The zero-order chi connectivity index (χ0) is 22.0. The van der Waals surface area contributed by atoms with Crippen molar-refractivity contribution in [2.24, 2.45) is 0 Å². The van der Waals surface area contributed by atoms with Gasteiger partial charge in [0.1, 0.15) is 0 Å². The largest absolute Gasteiger partial charge is 0.308 e. The van der Waals surface area contributed by atoms with Gasteiger partial charge in [-0.3, -0.25) is 14.5 Å². The summed E-state index contributed by atoms with van der Waals surface area (Å²) in [6.45, 7) is 2.84. The molecule has 2 amide bonds. The van der Waals surface area contributed by atoms with Crippen molar-refractivity contribution in [1.29, 1.82) is 0 Å². The molecular weight excluding hydrogens is 448 g/mol. The predicted molar refractivity (Wildman–Crippen MR) is 134 cm³/mol. The minimum absolute atomic E-state index is 0.122. The first-order chi connectivity index (χ1) is 15.0. The van der Waals surface area contributed by atoms with Gasteiger partial charge in [0.25, 0.3) is 11.8 Å². The highest BCUT2D eigenvalue weighted by molar-refractivity contribution is 8.27. The molecule has 4 nitrogen and oxygen atoms in total. The van der Waals surface area contributed by atoms with Crippen LogP contribution in [0.2, 0.25) is 5.02 Å². The van der Waals surface area contributed by atoms with Crippen molar-refractivity contribution in [1.82, 2.24) is 0 Å². The Balaban J connectivity index is 1.66. The lowest BCUT2D eigenvalue weighted by molar-refractivity contribution is -0.115. The maximum atomic E-state index is 13.4. The quantitative estimate of drug-likeness (QED) is 0.265. The third kappa shape index (κ3) is 4.29. The van der Waals surface area contributed by atoms with Crippen molar-refractivity contribution in [2.45, 2.75) is 39.0 Å². The van der Waals surface area contributed by atoms with E-state index in [-0.39, 0.29) is 11.8 Å². The normalized spacial score (nSPS) is 18.3. The zero-order valence-corrected chi connectivity index (χ0v) is 19.7. The number of rotatable bonds is 7. The maximum Gasteiger partial charge on any atom is 0.271 e. The number of amides is 2. The fourth-order valence-electron chi connectivity index (χ4n) is 3.95. The SMILES string of the molecule is CCCCCCCN1C(=O)C(=C2SC(=S)N(c3cccc(Cl)c3)C2=O)c2ccccc21. The fraction of sp³-hybridized carbons (Fsp3) is 0.292. The number of carbonyl (C=O) groups is 2. The number of carbonyl (C=O) groups excluding carboxylic acids is 2. The summed E-state index contributed by atoms with van der Waals surface area (Å²) in [5.74, 6) is -0.400. The summed E-state index contributed by atoms with van der Waals surface area (Å²) in [5.41, 5.74) is 2.72. The van der Waals surface area contributed by atoms with Crippen LogP contribution in [-0.4, -0.2) is 22.7 Å². The van der Waals surface area contributed by atoms with Gasteiger partial charge in [0.15, 0.2) is 4.32 Å². The zero-order valence-electron chi connectivity index (χ0n) is 17.3. The predicted octanol–water partition coefficient (Wildman–Crippen LogP) is 6.43. The third-order valence-electron chi connectivity index (χ3n) is 5.47. The summed E-state index contributed by atoms with van der Waals surface area (Å²) >= 11 is 12.8. The van der Waals surface area contributed by atoms with Crippen LogP contribution in [0.1, 0.15) is 44.6 Å². The molecule has 0 atom stereocenters. The number of nitrogens with zero attached hydrogens (tertiary/aromatic N) is 2. The second-order valence-electron chi connectivity index (χ2n) is 7.58. The minimum atomic E-state index is -0.278. The first-order valence-corrected chi connectivity index (χ1v) is 12.1. The number of hydrogen-bond acceptors (Lipinski definition) is 4. The van der Waals surface area contributed by atoms with Gasteiger partial charge in [-0.2, -0.15) is 0 Å². The molecule has 2 heterocycles. The van der Waals surface area contributed by atoms with Crippen molar-refractivity contribution >= 4 is 68.7 Å². The molecule has 0 saturated carbocycles. The average molecular weight is 471 g/mol. The van der Waals surface area contributed by atoms with Crippen molar-refractivity contribution in [2.75, 3.05) is 16.3 Å². The van der Waals surface area contributed by atoms with E-state index in [1.54, 1.807) is 24.3 Å². The minimum Gasteiger partial charge on any atom is -0.308 e. The molecule has 0 radical (unpaired) electrons. The molecule has 0 aliphatic carbocycles. The van der Waals surface area contributed by atoms with Gasteiger partial charge in [0.2, 0.25) is 0 Å². The van der Waals surface area contributed by atoms with Gasteiger partial charge >= 0.3 is 0 Å². The van der Waals surface area contributed by atoms with E-state index >= 15 is 0 Å². The average Bonchev–Trinajstić information content (AvgIpc) is 3.20. The van der Waals surface area contributed by atoms with Crippen LogP contribution in [0.4, 0.5) is 11.4 Å². The topological polar surface area (TPSA) is 40.6 Å². The molecule has 2 aromatic rings. The lowest BCUT2D eigenvalue weighted by Crippen LogP contribution is -2.29. The summed E-state index contributed by atoms with van der Waals surface area (Å²) in [7, 11) is 0. The molecule has 1 fully saturated rings. The first-order valence-electron chi connectivity index (χ1n) is 10.5. The number of anilines is 2. The van der Waals surface area contributed by atoms with Crippen LogP contribution in [0, 0.1) is 0 Å². The number of para-hydroxylation sites is 1. The van der Waals surface area contributed by atoms with Crippen molar-refractivity contribution in [3.63, 3.8) is 0 Å². The summed E-state index contributed by atoms with van der Waals surface area (Å²) in [6, 6.07) is 14.7. The standard InChI is InChI=1S/C24H23ClN2O2S2/c1-2-3-4-5-8-14-26-19-13-7-6-12-18(19)20(22(26)28)21-23(29)27(24(30)31-21)17-11-9-10-16(25)15-17/h6-7,9-13,15H,2-5,8,14H2,1H3. The molecule has 0 N–H and O–H groups in total. The monoisotopic (exact) mass is 470 g/mol. The Morgan fingerprint density at radius 1 is 0.968 bits per heavy atom. The van der Waals surface area contributed by atoms with E-state index in [9.17, 15) is 9.59 Å². The van der Waals surface area contributed by atoms with E-state index in [0.717, 1.165) is 24.1 Å². The van der Waals surface area contributed by atoms with Crippen molar-refractivity contribution < 1.29 is 9.59 Å². The molecule has 0 unspecified atom stereocenters. The van der Waals surface area contributed by atoms with E-state index < -0.39 is 0 Å². The van der Waals surface area contributed by atoms with Crippen molar-refractivity contribution in [3.05, 3.63) is 64.0 Å². The van der Waals surface area contributed by atoms with Gasteiger partial charge in [0, 0.05) is 17.1 Å². The molecule has 31 heavy (non-hydrogen) atoms. The summed E-state index contributed by atoms with van der Waals surface area (Å²) in [5, 5.41) is 0.524. The van der Waals surface area contributed by atoms with E-state index in [2.05, 4.69) is 6.92 Å². The van der Waals surface area contributed by atoms with E-state index in [1.807, 2.05) is 29.2 Å².